The highest BCUT2D eigenvalue weighted by molar-refractivity contribution is 5.87. The van der Waals surface area contributed by atoms with Crippen molar-refractivity contribution in [3.63, 3.8) is 0 Å². The van der Waals surface area contributed by atoms with Gasteiger partial charge in [0.2, 0.25) is 0 Å². The largest absolute Gasteiger partial charge is 0.482 e. The minimum Gasteiger partial charge on any atom is -0.482 e. The predicted molar refractivity (Wildman–Crippen MR) is 161 cm³/mol. The van der Waals surface area contributed by atoms with Gasteiger partial charge in [0.1, 0.15) is 23.3 Å². The third-order valence-electron chi connectivity index (χ3n) is 7.44. The second-order valence-electron chi connectivity index (χ2n) is 10.3. The van der Waals surface area contributed by atoms with Gasteiger partial charge in [-0.25, -0.2) is 9.59 Å². The van der Waals surface area contributed by atoms with Crippen LogP contribution in [-0.2, 0) is 17.6 Å². The van der Waals surface area contributed by atoms with Gasteiger partial charge in [-0.1, -0.05) is 67.9 Å². The number of amides is 1. The van der Waals surface area contributed by atoms with E-state index in [-0.39, 0.29) is 12.6 Å². The smallest absolute Gasteiger partial charge is 0.416 e. The van der Waals surface area contributed by atoms with Crippen LogP contribution in [0.15, 0.2) is 103 Å². The Bertz CT molecular complexity index is 1680. The lowest BCUT2D eigenvalue weighted by molar-refractivity contribution is -0.136. The monoisotopic (exact) mass is 560 g/mol. The number of aryl methyl sites for hydroxylation is 1. The zero-order chi connectivity index (χ0) is 28.9. The molecule has 1 aliphatic heterocycles. The van der Waals surface area contributed by atoms with Crippen LogP contribution in [0.1, 0.15) is 41.8 Å². The molecule has 1 amide bonds. The first-order valence-corrected chi connectivity index (χ1v) is 14.2. The van der Waals surface area contributed by atoms with Crippen LogP contribution < -0.4 is 14.2 Å². The molecule has 1 atom stereocenters. The van der Waals surface area contributed by atoms with E-state index < -0.39 is 12.1 Å². The number of nitrogens with zero attached hydrogens (tertiary/aromatic N) is 1. The molecular weight excluding hydrogens is 528 g/mol. The van der Waals surface area contributed by atoms with E-state index in [4.69, 9.17) is 14.2 Å². The molecule has 212 valence electrons. The molecule has 7 heteroatoms. The molecule has 42 heavy (non-hydrogen) atoms. The van der Waals surface area contributed by atoms with Crippen molar-refractivity contribution in [2.45, 2.75) is 32.2 Å². The van der Waals surface area contributed by atoms with Crippen molar-refractivity contribution in [1.29, 1.82) is 0 Å². The molecule has 4 aromatic carbocycles. The molecule has 0 aliphatic carbocycles. The first kappa shape index (κ1) is 27.1. The molecule has 0 spiro atoms. The number of rotatable bonds is 8. The third-order valence-corrected chi connectivity index (χ3v) is 7.44. The highest BCUT2D eigenvalue weighted by Gasteiger charge is 2.35. The highest BCUT2D eigenvalue weighted by atomic mass is 16.6. The molecule has 2 heterocycles. The minimum atomic E-state index is -0.488. The van der Waals surface area contributed by atoms with E-state index in [0.717, 1.165) is 36.0 Å². The average molecular weight is 561 g/mol. The molecule has 0 saturated heterocycles. The molecule has 6 rings (SSSR count). The average Bonchev–Trinajstić information content (AvgIpc) is 3.39. The molecule has 0 radical (unpaired) electrons. The second-order valence-corrected chi connectivity index (χ2v) is 10.3. The van der Waals surface area contributed by atoms with E-state index in [0.29, 0.717) is 23.8 Å². The summed E-state index contributed by atoms with van der Waals surface area (Å²) in [5.74, 6) is 1.01. The van der Waals surface area contributed by atoms with Gasteiger partial charge in [-0.3, -0.25) is 4.90 Å². The first-order chi connectivity index (χ1) is 20.6. The molecule has 1 N–H and O–H groups in total. The Morgan fingerprint density at radius 3 is 2.21 bits per heavy atom. The topological polar surface area (TPSA) is 80.9 Å². The Morgan fingerprint density at radius 2 is 1.52 bits per heavy atom. The lowest BCUT2D eigenvalue weighted by Gasteiger charge is -2.35. The Balaban J connectivity index is 1.27. The number of benzene rings is 4. The Hall–Kier alpha value is -5.04. The first-order valence-electron chi connectivity index (χ1n) is 14.2. The fourth-order valence-electron chi connectivity index (χ4n) is 5.51. The number of ether oxygens (including phenoxy) is 3. The van der Waals surface area contributed by atoms with Gasteiger partial charge in [0.25, 0.3) is 0 Å². The predicted octanol–water partition coefficient (Wildman–Crippen LogP) is 7.25. The highest BCUT2D eigenvalue weighted by Crippen LogP contribution is 2.39. The van der Waals surface area contributed by atoms with Crippen LogP contribution in [0.25, 0.3) is 10.9 Å². The van der Waals surface area contributed by atoms with Crippen molar-refractivity contribution in [3.8, 4) is 17.2 Å². The zero-order valence-electron chi connectivity index (χ0n) is 23.4. The van der Waals surface area contributed by atoms with Crippen LogP contribution in [0.4, 0.5) is 4.79 Å². The molecule has 1 aliphatic rings. The van der Waals surface area contributed by atoms with Crippen LogP contribution in [0.2, 0.25) is 0 Å². The summed E-state index contributed by atoms with van der Waals surface area (Å²) in [6.45, 7) is 2.47. The van der Waals surface area contributed by atoms with Crippen molar-refractivity contribution < 1.29 is 23.8 Å². The van der Waals surface area contributed by atoms with E-state index in [9.17, 15) is 9.59 Å². The van der Waals surface area contributed by atoms with E-state index in [2.05, 4.69) is 30.1 Å². The van der Waals surface area contributed by atoms with Gasteiger partial charge in [0.05, 0.1) is 0 Å². The normalized spacial score (nSPS) is 14.3. The van der Waals surface area contributed by atoms with Crippen LogP contribution in [0, 0.1) is 0 Å². The summed E-state index contributed by atoms with van der Waals surface area (Å²) in [5, 5.41) is 1.20. The van der Waals surface area contributed by atoms with Crippen molar-refractivity contribution >= 4 is 23.0 Å². The van der Waals surface area contributed by atoms with Crippen LogP contribution in [0.5, 0.6) is 17.2 Å². The Morgan fingerprint density at radius 1 is 0.833 bits per heavy atom. The van der Waals surface area contributed by atoms with Gasteiger partial charge in [0, 0.05) is 23.1 Å². The molecule has 7 nitrogen and oxygen atoms in total. The van der Waals surface area contributed by atoms with Crippen molar-refractivity contribution in [2.75, 3.05) is 13.2 Å². The number of nitrogens with one attached hydrogen (secondary N) is 1. The molecule has 0 bridgehead atoms. The van der Waals surface area contributed by atoms with E-state index in [1.54, 1.807) is 41.3 Å². The van der Waals surface area contributed by atoms with Crippen LogP contribution >= 0.6 is 0 Å². The van der Waals surface area contributed by atoms with Crippen molar-refractivity contribution in [3.05, 3.63) is 126 Å². The minimum absolute atomic E-state index is 0.223. The molecule has 0 saturated carbocycles. The Labute approximate surface area is 244 Å². The second kappa shape index (κ2) is 12.2. The number of carbonyl (C=O) groups is 2. The maximum absolute atomic E-state index is 13.5. The molecule has 1 aromatic heterocycles. The summed E-state index contributed by atoms with van der Waals surface area (Å²) in [4.78, 5) is 31.2. The summed E-state index contributed by atoms with van der Waals surface area (Å²) in [5.41, 5.74) is 5.47. The van der Waals surface area contributed by atoms with Gasteiger partial charge >= 0.3 is 12.1 Å². The summed E-state index contributed by atoms with van der Waals surface area (Å²) in [7, 11) is 0. The number of carbonyl (C=O) groups excluding carboxylic acids is 2. The number of H-pyrrole nitrogens is 1. The molecule has 1 unspecified atom stereocenters. The van der Waals surface area contributed by atoms with Gasteiger partial charge in [-0.15, -0.1) is 0 Å². The maximum atomic E-state index is 13.5. The van der Waals surface area contributed by atoms with E-state index >= 15 is 0 Å². The summed E-state index contributed by atoms with van der Waals surface area (Å²) in [6, 6.07) is 31.7. The summed E-state index contributed by atoms with van der Waals surface area (Å²) < 4.78 is 16.8. The SMILES string of the molecule is CCCc1ccc2[nH]c3c(c2c1)CCN(C(=O)Oc1ccccc1)C3c1ccc(OCC(=O)Oc2ccccc2)cc1. The number of aromatic nitrogens is 1. The van der Waals surface area contributed by atoms with Crippen molar-refractivity contribution in [2.24, 2.45) is 0 Å². The number of hydrogen-bond donors (Lipinski definition) is 1. The summed E-state index contributed by atoms with van der Waals surface area (Å²) >= 11 is 0. The zero-order valence-corrected chi connectivity index (χ0v) is 23.4. The van der Waals surface area contributed by atoms with Gasteiger partial charge in [-0.05, 0) is 78.1 Å². The fourth-order valence-corrected chi connectivity index (χ4v) is 5.51. The molecule has 0 fully saturated rings. The van der Waals surface area contributed by atoms with E-state index in [1.165, 1.54) is 16.5 Å². The third kappa shape index (κ3) is 5.86. The number of aromatic amines is 1. The number of esters is 1. The number of fused-ring (bicyclic) bond motifs is 3. The van der Waals surface area contributed by atoms with Crippen molar-refractivity contribution in [1.82, 2.24) is 9.88 Å². The molecular formula is C35H32N2O5. The Kier molecular flexibility index (Phi) is 7.90. The quantitative estimate of drug-likeness (QED) is 0.160. The van der Waals surface area contributed by atoms with Gasteiger partial charge in [-0.2, -0.15) is 0 Å². The number of para-hydroxylation sites is 2. The fraction of sp³-hybridized carbons (Fsp3) is 0.200. The lowest BCUT2D eigenvalue weighted by atomic mass is 9.92. The van der Waals surface area contributed by atoms with Gasteiger partial charge in [0.15, 0.2) is 6.61 Å². The summed E-state index contributed by atoms with van der Waals surface area (Å²) in [6.07, 6.45) is 2.41. The maximum Gasteiger partial charge on any atom is 0.416 e. The van der Waals surface area contributed by atoms with E-state index in [1.807, 2.05) is 48.5 Å². The standard InChI is InChI=1S/C35H32N2O5/c1-2-9-24-14-19-31-30(22-24)29-20-21-37(35(39)42-28-12-7-4-8-13-28)34(33(29)36-31)25-15-17-26(18-16-25)40-23-32(38)41-27-10-5-3-6-11-27/h3-8,10-19,22,34,36H,2,9,20-21,23H2,1H3. The lowest BCUT2D eigenvalue weighted by Crippen LogP contribution is -2.42. The van der Waals surface area contributed by atoms with Crippen LogP contribution in [-0.4, -0.2) is 35.1 Å². The van der Waals surface area contributed by atoms with Gasteiger partial charge < -0.3 is 19.2 Å². The van der Waals surface area contributed by atoms with Crippen LogP contribution in [0.3, 0.4) is 0 Å². The molecule has 5 aromatic rings. The number of hydrogen-bond acceptors (Lipinski definition) is 5.